The molecule has 1 aromatic heterocycles. The number of nitrogens with zero attached hydrogens (tertiary/aromatic N) is 1. The number of fused-ring (bicyclic) bond motifs is 1. The summed E-state index contributed by atoms with van der Waals surface area (Å²) in [5.74, 6) is 0.837. The lowest BCUT2D eigenvalue weighted by Crippen LogP contribution is -2.16. The van der Waals surface area contributed by atoms with E-state index < -0.39 is 5.91 Å². The molecule has 0 saturated carbocycles. The maximum absolute atomic E-state index is 12.3. The predicted octanol–water partition coefficient (Wildman–Crippen LogP) is 6.20. The molecule has 0 radical (unpaired) electrons. The lowest BCUT2D eigenvalue weighted by molar-refractivity contribution is 0.0929. The zero-order chi connectivity index (χ0) is 22.5. The maximum atomic E-state index is 12.3. The van der Waals surface area contributed by atoms with E-state index in [1.165, 1.54) is 6.21 Å². The molecule has 0 spiro atoms. The van der Waals surface area contributed by atoms with Gasteiger partial charge in [-0.3, -0.25) is 4.79 Å². The number of furan rings is 1. The Hall–Kier alpha value is -3.29. The van der Waals surface area contributed by atoms with Gasteiger partial charge in [0, 0.05) is 10.4 Å². The molecule has 0 atom stereocenters. The lowest BCUT2D eigenvalue weighted by atomic mass is 10.2. The maximum Gasteiger partial charge on any atom is 0.307 e. The van der Waals surface area contributed by atoms with Crippen LogP contribution in [0.1, 0.15) is 21.7 Å². The van der Waals surface area contributed by atoms with Gasteiger partial charge in [0.15, 0.2) is 17.3 Å². The number of benzene rings is 3. The predicted molar refractivity (Wildman–Crippen MR) is 128 cm³/mol. The molecule has 0 fully saturated rings. The van der Waals surface area contributed by atoms with E-state index in [-0.39, 0.29) is 5.76 Å². The number of rotatable bonds is 7. The summed E-state index contributed by atoms with van der Waals surface area (Å²) in [6, 6.07) is 20.1. The van der Waals surface area contributed by atoms with Crippen molar-refractivity contribution in [3.05, 3.63) is 93.1 Å². The zero-order valence-electron chi connectivity index (χ0n) is 17.0. The molecule has 3 aromatic carbocycles. The van der Waals surface area contributed by atoms with Crippen molar-refractivity contribution in [1.29, 1.82) is 0 Å². The van der Waals surface area contributed by atoms with Crippen molar-refractivity contribution in [2.45, 2.75) is 6.61 Å². The highest BCUT2D eigenvalue weighted by Gasteiger charge is 2.13. The Bertz CT molecular complexity index is 1250. The SMILES string of the molecule is COc1cc(/C=N/NC(=O)c2cc3ccccc3o2)cc(Br)c1OCc1ccc(Cl)cc1. The summed E-state index contributed by atoms with van der Waals surface area (Å²) in [5, 5.41) is 5.54. The first-order chi connectivity index (χ1) is 15.5. The van der Waals surface area contributed by atoms with Gasteiger partial charge in [-0.05, 0) is 63.5 Å². The zero-order valence-corrected chi connectivity index (χ0v) is 19.3. The van der Waals surface area contributed by atoms with Crippen molar-refractivity contribution < 1.29 is 18.7 Å². The smallest absolute Gasteiger partial charge is 0.307 e. The number of amides is 1. The molecule has 0 aliphatic carbocycles. The second-order valence-electron chi connectivity index (χ2n) is 6.80. The second-order valence-corrected chi connectivity index (χ2v) is 8.09. The van der Waals surface area contributed by atoms with E-state index in [1.54, 1.807) is 25.3 Å². The van der Waals surface area contributed by atoms with Crippen molar-refractivity contribution in [2.24, 2.45) is 5.10 Å². The number of hydrogen-bond acceptors (Lipinski definition) is 5. The number of nitrogens with one attached hydrogen (secondary N) is 1. The van der Waals surface area contributed by atoms with Crippen LogP contribution in [0.2, 0.25) is 5.02 Å². The third-order valence-corrected chi connectivity index (χ3v) is 5.42. The molecule has 0 aliphatic rings. The molecule has 6 nitrogen and oxygen atoms in total. The largest absolute Gasteiger partial charge is 0.493 e. The molecule has 8 heteroatoms. The molecule has 1 N–H and O–H groups in total. The van der Waals surface area contributed by atoms with Gasteiger partial charge in [0.1, 0.15) is 12.2 Å². The molecule has 32 heavy (non-hydrogen) atoms. The number of hydrazone groups is 1. The second kappa shape index (κ2) is 9.89. The minimum Gasteiger partial charge on any atom is -0.493 e. The number of hydrogen-bond donors (Lipinski definition) is 1. The molecular formula is C24H18BrClN2O4. The summed E-state index contributed by atoms with van der Waals surface area (Å²) in [6.45, 7) is 0.354. The first-order valence-corrected chi connectivity index (χ1v) is 10.8. The highest BCUT2D eigenvalue weighted by atomic mass is 79.9. The number of carbonyl (C=O) groups is 1. The molecule has 4 rings (SSSR count). The molecular weight excluding hydrogens is 496 g/mol. The molecule has 0 unspecified atom stereocenters. The van der Waals surface area contributed by atoms with Gasteiger partial charge < -0.3 is 13.9 Å². The van der Waals surface area contributed by atoms with Crippen LogP contribution in [0.5, 0.6) is 11.5 Å². The number of carbonyl (C=O) groups excluding carboxylic acids is 1. The van der Waals surface area contributed by atoms with E-state index in [4.69, 9.17) is 25.5 Å². The van der Waals surface area contributed by atoms with Crippen molar-refractivity contribution in [3.63, 3.8) is 0 Å². The molecule has 0 bridgehead atoms. The van der Waals surface area contributed by atoms with Crippen LogP contribution >= 0.6 is 27.5 Å². The topological polar surface area (TPSA) is 73.1 Å². The van der Waals surface area contributed by atoms with E-state index >= 15 is 0 Å². The van der Waals surface area contributed by atoms with Crippen LogP contribution in [0.15, 0.2) is 80.7 Å². The monoisotopic (exact) mass is 512 g/mol. The van der Waals surface area contributed by atoms with Crippen molar-refractivity contribution in [1.82, 2.24) is 5.43 Å². The average molecular weight is 514 g/mol. The van der Waals surface area contributed by atoms with Crippen LogP contribution in [0, 0.1) is 0 Å². The molecule has 1 heterocycles. The van der Waals surface area contributed by atoms with Crippen LogP contribution in [0.4, 0.5) is 0 Å². The molecule has 1 amide bonds. The Labute approximate surface area is 197 Å². The summed E-state index contributed by atoms with van der Waals surface area (Å²) in [4.78, 5) is 12.3. The molecule has 162 valence electrons. The Morgan fingerprint density at radius 2 is 1.94 bits per heavy atom. The van der Waals surface area contributed by atoms with Gasteiger partial charge in [-0.2, -0.15) is 5.10 Å². The minimum atomic E-state index is -0.439. The standard InChI is InChI=1S/C24H18BrClN2O4/c1-30-21-11-16(10-19(25)23(21)31-14-15-6-8-18(26)9-7-15)13-27-28-24(29)22-12-17-4-2-3-5-20(17)32-22/h2-13H,14H2,1H3,(H,28,29)/b27-13+. The van der Waals surface area contributed by atoms with Gasteiger partial charge in [0.05, 0.1) is 17.8 Å². The summed E-state index contributed by atoms with van der Waals surface area (Å²) < 4.78 is 17.6. The van der Waals surface area contributed by atoms with Gasteiger partial charge in [0.2, 0.25) is 0 Å². The van der Waals surface area contributed by atoms with E-state index in [2.05, 4.69) is 26.5 Å². The van der Waals surface area contributed by atoms with Gasteiger partial charge >= 0.3 is 5.91 Å². The van der Waals surface area contributed by atoms with Crippen molar-refractivity contribution in [2.75, 3.05) is 7.11 Å². The van der Waals surface area contributed by atoms with Crippen molar-refractivity contribution in [3.8, 4) is 11.5 Å². The lowest BCUT2D eigenvalue weighted by Gasteiger charge is -2.13. The minimum absolute atomic E-state index is 0.188. The molecule has 0 saturated heterocycles. The highest BCUT2D eigenvalue weighted by molar-refractivity contribution is 9.10. The number of halogens is 2. The summed E-state index contributed by atoms with van der Waals surface area (Å²) in [5.41, 5.74) is 4.79. The Kier molecular flexibility index (Phi) is 6.78. The fourth-order valence-corrected chi connectivity index (χ4v) is 3.71. The van der Waals surface area contributed by atoms with Crippen LogP contribution < -0.4 is 14.9 Å². The van der Waals surface area contributed by atoms with Crippen LogP contribution in [-0.4, -0.2) is 19.2 Å². The van der Waals surface area contributed by atoms with E-state index in [0.717, 1.165) is 10.9 Å². The van der Waals surface area contributed by atoms with Gasteiger partial charge in [0.25, 0.3) is 0 Å². The average Bonchev–Trinajstić information content (AvgIpc) is 3.23. The van der Waals surface area contributed by atoms with E-state index in [1.807, 2.05) is 48.5 Å². The number of para-hydroxylation sites is 1. The Morgan fingerprint density at radius 1 is 1.16 bits per heavy atom. The summed E-state index contributed by atoms with van der Waals surface area (Å²) >= 11 is 9.43. The number of ether oxygens (including phenoxy) is 2. The quantitative estimate of drug-likeness (QED) is 0.236. The summed E-state index contributed by atoms with van der Waals surface area (Å²) in [7, 11) is 1.56. The van der Waals surface area contributed by atoms with E-state index in [9.17, 15) is 4.79 Å². The Balaban J connectivity index is 1.44. The van der Waals surface area contributed by atoms with Crippen LogP contribution in [-0.2, 0) is 6.61 Å². The van der Waals surface area contributed by atoms with Crippen molar-refractivity contribution >= 4 is 50.6 Å². The van der Waals surface area contributed by atoms with Gasteiger partial charge in [-0.25, -0.2) is 5.43 Å². The van der Waals surface area contributed by atoms with E-state index in [0.29, 0.717) is 38.7 Å². The normalized spacial score (nSPS) is 11.1. The molecule has 0 aliphatic heterocycles. The van der Waals surface area contributed by atoms with Crippen LogP contribution in [0.25, 0.3) is 11.0 Å². The Morgan fingerprint density at radius 3 is 2.69 bits per heavy atom. The van der Waals surface area contributed by atoms with Crippen LogP contribution in [0.3, 0.4) is 0 Å². The van der Waals surface area contributed by atoms with Gasteiger partial charge in [-0.1, -0.05) is 41.9 Å². The fourth-order valence-electron chi connectivity index (χ4n) is 3.00. The molecule has 4 aromatic rings. The first-order valence-electron chi connectivity index (χ1n) is 9.60. The third-order valence-electron chi connectivity index (χ3n) is 4.58. The first kappa shape index (κ1) is 21.9. The van der Waals surface area contributed by atoms with Gasteiger partial charge in [-0.15, -0.1) is 0 Å². The highest BCUT2D eigenvalue weighted by Crippen LogP contribution is 2.37. The third kappa shape index (κ3) is 5.12. The summed E-state index contributed by atoms with van der Waals surface area (Å²) in [6.07, 6.45) is 1.51. The number of methoxy groups -OCH3 is 1. The fraction of sp³-hybridized carbons (Fsp3) is 0.0833.